The normalized spacial score (nSPS) is 14.2. The molecule has 3 aromatic carbocycles. The lowest BCUT2D eigenvalue weighted by Crippen LogP contribution is -2.40. The second-order valence-corrected chi connectivity index (χ2v) is 11.4. The maximum Gasteiger partial charge on any atom is 0.338 e. The number of nitrogens with zero attached hydrogens (tertiary/aromatic N) is 4. The quantitative estimate of drug-likeness (QED) is 0.110. The number of nitro benzene ring substituents is 2. The van der Waals surface area contributed by atoms with Crippen LogP contribution in [-0.4, -0.2) is 41.2 Å². The second-order valence-electron chi connectivity index (χ2n) is 10.4. The summed E-state index contributed by atoms with van der Waals surface area (Å²) in [6, 6.07) is 13.8. The van der Waals surface area contributed by atoms with Gasteiger partial charge in [0.05, 0.1) is 52.5 Å². The van der Waals surface area contributed by atoms with Gasteiger partial charge in [0.1, 0.15) is 23.3 Å². The first-order chi connectivity index (χ1) is 23.1. The van der Waals surface area contributed by atoms with Crippen molar-refractivity contribution >= 4 is 34.8 Å². The molecule has 0 N–H and O–H groups in total. The number of carbonyl (C=O) groups is 1. The number of non-ortho nitro benzene ring substituents is 1. The molecule has 14 nitrogen and oxygen atoms in total. The van der Waals surface area contributed by atoms with Crippen molar-refractivity contribution in [1.82, 2.24) is 4.57 Å². The molecule has 1 atom stereocenters. The van der Waals surface area contributed by atoms with Crippen LogP contribution in [0.2, 0.25) is 0 Å². The van der Waals surface area contributed by atoms with Crippen LogP contribution in [0.5, 0.6) is 23.0 Å². The van der Waals surface area contributed by atoms with Crippen LogP contribution in [0.1, 0.15) is 43.9 Å². The SMILES string of the molecule is CCCC1=C(C(=O)OCC)[C@@H](c2cc(OC)ccc2OC)n2c(s/c(=C/c3cccc(Oc4ccc([N+](=O)[O-])cc4[N+](=O)[O-])c3)c2=O)=N1. The van der Waals surface area contributed by atoms with Gasteiger partial charge in [-0.05, 0) is 61.4 Å². The molecule has 248 valence electrons. The van der Waals surface area contributed by atoms with Gasteiger partial charge in [0.15, 0.2) is 4.80 Å². The number of hydrogen-bond acceptors (Lipinski definition) is 12. The molecule has 0 radical (unpaired) electrons. The predicted molar refractivity (Wildman–Crippen MR) is 175 cm³/mol. The largest absolute Gasteiger partial charge is 0.497 e. The number of aromatic nitrogens is 1. The zero-order chi connectivity index (χ0) is 34.5. The van der Waals surface area contributed by atoms with Crippen LogP contribution in [0.25, 0.3) is 6.08 Å². The summed E-state index contributed by atoms with van der Waals surface area (Å²) in [5.74, 6) is 0.334. The average Bonchev–Trinajstić information content (AvgIpc) is 3.37. The summed E-state index contributed by atoms with van der Waals surface area (Å²) in [6.45, 7) is 3.78. The number of ether oxygens (including phenoxy) is 4. The molecule has 5 rings (SSSR count). The Bertz CT molecular complexity index is 2140. The predicted octanol–water partition coefficient (Wildman–Crippen LogP) is 5.20. The molecule has 0 saturated carbocycles. The Morgan fingerprint density at radius 3 is 2.42 bits per heavy atom. The topological polar surface area (TPSA) is 175 Å². The van der Waals surface area contributed by atoms with E-state index in [1.54, 1.807) is 55.5 Å². The summed E-state index contributed by atoms with van der Waals surface area (Å²) in [5.41, 5.74) is 0.311. The summed E-state index contributed by atoms with van der Waals surface area (Å²) in [6.07, 6.45) is 2.75. The highest BCUT2D eigenvalue weighted by atomic mass is 32.1. The van der Waals surface area contributed by atoms with E-state index in [0.717, 1.165) is 29.5 Å². The van der Waals surface area contributed by atoms with Gasteiger partial charge in [-0.25, -0.2) is 9.79 Å². The van der Waals surface area contributed by atoms with Crippen LogP contribution in [0.15, 0.2) is 81.7 Å². The zero-order valence-electron chi connectivity index (χ0n) is 26.3. The number of hydrogen-bond donors (Lipinski definition) is 0. The van der Waals surface area contributed by atoms with E-state index in [2.05, 4.69) is 0 Å². The third-order valence-corrected chi connectivity index (χ3v) is 8.34. The van der Waals surface area contributed by atoms with Crippen molar-refractivity contribution in [1.29, 1.82) is 0 Å². The van der Waals surface area contributed by atoms with E-state index < -0.39 is 38.8 Å². The molecule has 48 heavy (non-hydrogen) atoms. The Morgan fingerprint density at radius 1 is 0.979 bits per heavy atom. The Morgan fingerprint density at radius 2 is 1.75 bits per heavy atom. The summed E-state index contributed by atoms with van der Waals surface area (Å²) in [7, 11) is 3.01. The minimum Gasteiger partial charge on any atom is -0.497 e. The third kappa shape index (κ3) is 6.66. The molecule has 0 saturated heterocycles. The third-order valence-electron chi connectivity index (χ3n) is 7.36. The number of esters is 1. The monoisotopic (exact) mass is 674 g/mol. The van der Waals surface area contributed by atoms with E-state index >= 15 is 0 Å². The van der Waals surface area contributed by atoms with Crippen LogP contribution in [0, 0.1) is 20.2 Å². The summed E-state index contributed by atoms with van der Waals surface area (Å²) in [5, 5.41) is 22.7. The number of rotatable bonds is 12. The fourth-order valence-corrected chi connectivity index (χ4v) is 6.28. The minimum absolute atomic E-state index is 0.121. The molecular formula is C33H30N4O10S. The molecule has 0 bridgehead atoms. The Kier molecular flexibility index (Phi) is 9.99. The van der Waals surface area contributed by atoms with Gasteiger partial charge >= 0.3 is 11.7 Å². The van der Waals surface area contributed by atoms with Crippen molar-refractivity contribution in [2.24, 2.45) is 4.99 Å². The molecule has 15 heteroatoms. The number of methoxy groups -OCH3 is 2. The number of allylic oxidation sites excluding steroid dienone is 1. The number of thiazole rings is 1. The highest BCUT2D eigenvalue weighted by molar-refractivity contribution is 7.07. The van der Waals surface area contributed by atoms with Gasteiger partial charge in [0, 0.05) is 11.6 Å². The summed E-state index contributed by atoms with van der Waals surface area (Å²) < 4.78 is 24.1. The lowest BCUT2D eigenvalue weighted by molar-refractivity contribution is -0.394. The average molecular weight is 675 g/mol. The first-order valence-electron chi connectivity index (χ1n) is 14.7. The van der Waals surface area contributed by atoms with Crippen molar-refractivity contribution in [2.45, 2.75) is 32.7 Å². The highest BCUT2D eigenvalue weighted by Crippen LogP contribution is 2.39. The molecule has 0 fully saturated rings. The Labute approximate surface area is 277 Å². The van der Waals surface area contributed by atoms with E-state index in [1.807, 2.05) is 6.92 Å². The van der Waals surface area contributed by atoms with Crippen LogP contribution in [0.3, 0.4) is 0 Å². The maximum atomic E-state index is 14.2. The molecule has 4 aromatic rings. The number of nitro groups is 2. The van der Waals surface area contributed by atoms with Gasteiger partial charge < -0.3 is 18.9 Å². The molecule has 0 spiro atoms. The van der Waals surface area contributed by atoms with Crippen LogP contribution < -0.4 is 29.1 Å². The van der Waals surface area contributed by atoms with Gasteiger partial charge in [0.25, 0.3) is 11.2 Å². The first-order valence-corrected chi connectivity index (χ1v) is 15.6. The standard InChI is InChI=1S/C33H30N4O10S/c1-5-8-24-29(32(39)46-6-2)30(23-18-21(44-3)12-14-26(23)45-4)35-31(38)28(48-33(35)34-24)16-19-9-7-10-22(15-19)47-27-13-11-20(36(40)41)17-25(27)37(42)43/h7,9-18,30H,5-6,8H2,1-4H3/b28-16+/t30-/m1/s1. The molecule has 1 aliphatic rings. The smallest absolute Gasteiger partial charge is 0.338 e. The lowest BCUT2D eigenvalue weighted by atomic mass is 9.93. The van der Waals surface area contributed by atoms with Gasteiger partial charge in [0.2, 0.25) is 5.75 Å². The van der Waals surface area contributed by atoms with E-state index in [4.69, 9.17) is 23.9 Å². The Hall–Kier alpha value is -5.83. The molecule has 0 amide bonds. The Balaban J connectivity index is 1.65. The highest BCUT2D eigenvalue weighted by Gasteiger charge is 2.36. The first kappa shape index (κ1) is 33.5. The molecular weight excluding hydrogens is 644 g/mol. The molecule has 0 unspecified atom stereocenters. The lowest BCUT2D eigenvalue weighted by Gasteiger charge is -2.27. The molecule has 0 aliphatic carbocycles. The molecule has 1 aliphatic heterocycles. The van der Waals surface area contributed by atoms with Gasteiger partial charge in [-0.2, -0.15) is 0 Å². The van der Waals surface area contributed by atoms with Gasteiger partial charge in [-0.1, -0.05) is 36.8 Å². The van der Waals surface area contributed by atoms with E-state index in [9.17, 15) is 29.8 Å². The second kappa shape index (κ2) is 14.3. The fraction of sp³-hybridized carbons (Fsp3) is 0.242. The maximum absolute atomic E-state index is 14.2. The van der Waals surface area contributed by atoms with E-state index in [-0.39, 0.29) is 23.7 Å². The van der Waals surface area contributed by atoms with E-state index in [1.165, 1.54) is 18.8 Å². The van der Waals surface area contributed by atoms with Crippen LogP contribution >= 0.6 is 11.3 Å². The van der Waals surface area contributed by atoms with Crippen molar-refractivity contribution in [3.05, 3.63) is 123 Å². The van der Waals surface area contributed by atoms with Crippen molar-refractivity contribution in [3.63, 3.8) is 0 Å². The van der Waals surface area contributed by atoms with Crippen LogP contribution in [0.4, 0.5) is 11.4 Å². The van der Waals surface area contributed by atoms with Crippen molar-refractivity contribution < 1.29 is 33.6 Å². The van der Waals surface area contributed by atoms with Gasteiger partial charge in [-0.15, -0.1) is 0 Å². The summed E-state index contributed by atoms with van der Waals surface area (Å²) >= 11 is 1.13. The van der Waals surface area contributed by atoms with Crippen molar-refractivity contribution in [3.8, 4) is 23.0 Å². The molecule has 2 heterocycles. The van der Waals surface area contributed by atoms with E-state index in [0.29, 0.717) is 50.5 Å². The zero-order valence-corrected chi connectivity index (χ0v) is 27.1. The van der Waals surface area contributed by atoms with Crippen molar-refractivity contribution in [2.75, 3.05) is 20.8 Å². The number of fused-ring (bicyclic) bond motifs is 1. The number of benzene rings is 3. The fourth-order valence-electron chi connectivity index (χ4n) is 5.26. The van der Waals surface area contributed by atoms with Crippen LogP contribution in [-0.2, 0) is 9.53 Å². The number of carbonyl (C=O) groups excluding carboxylic acids is 1. The summed E-state index contributed by atoms with van der Waals surface area (Å²) in [4.78, 5) is 54.1. The molecule has 1 aromatic heterocycles. The minimum atomic E-state index is -0.939. The van der Waals surface area contributed by atoms with Gasteiger partial charge in [-0.3, -0.25) is 29.6 Å².